The molecule has 0 unspecified atom stereocenters. The number of benzene rings is 1. The SMILES string of the molecule is COc1ccc(C(=O)NN2C(=O)[C@@H]3[C@H](C2=O)[C@@H]2C=C[C@H]3C2)cc1. The van der Waals surface area contributed by atoms with Crippen molar-refractivity contribution in [3.63, 3.8) is 0 Å². The number of fused-ring (bicyclic) bond motifs is 5. The van der Waals surface area contributed by atoms with Crippen LogP contribution < -0.4 is 10.2 Å². The molecule has 23 heavy (non-hydrogen) atoms. The van der Waals surface area contributed by atoms with Crippen LogP contribution in [0.15, 0.2) is 36.4 Å². The van der Waals surface area contributed by atoms with E-state index in [9.17, 15) is 14.4 Å². The molecule has 6 heteroatoms. The number of nitrogens with zero attached hydrogens (tertiary/aromatic N) is 1. The standard InChI is InChI=1S/C17H16N2O4/c1-23-12-6-4-9(5-7-12)15(20)18-19-16(21)13-10-2-3-11(8-10)14(13)17(19)22/h2-7,10-11,13-14H,8H2,1H3,(H,18,20)/t10-,11+,13-,14+. The van der Waals surface area contributed by atoms with E-state index in [0.29, 0.717) is 11.3 Å². The Morgan fingerprint density at radius 1 is 1.09 bits per heavy atom. The second kappa shape index (κ2) is 4.94. The summed E-state index contributed by atoms with van der Waals surface area (Å²) in [4.78, 5) is 37.3. The van der Waals surface area contributed by atoms with Crippen LogP contribution in [0.3, 0.4) is 0 Å². The van der Waals surface area contributed by atoms with E-state index in [1.807, 2.05) is 12.2 Å². The minimum Gasteiger partial charge on any atom is -0.497 e. The lowest BCUT2D eigenvalue weighted by atomic mass is 9.85. The first-order valence-electron chi connectivity index (χ1n) is 7.61. The van der Waals surface area contributed by atoms with Gasteiger partial charge in [0.25, 0.3) is 17.7 Å². The fourth-order valence-electron chi connectivity index (χ4n) is 3.92. The molecule has 118 valence electrons. The second-order valence-corrected chi connectivity index (χ2v) is 6.18. The Labute approximate surface area is 133 Å². The smallest absolute Gasteiger partial charge is 0.270 e. The van der Waals surface area contributed by atoms with Crippen molar-refractivity contribution in [3.05, 3.63) is 42.0 Å². The normalized spacial score (nSPS) is 30.7. The molecule has 2 bridgehead atoms. The van der Waals surface area contributed by atoms with E-state index in [0.717, 1.165) is 11.4 Å². The van der Waals surface area contributed by atoms with Crippen LogP contribution in [0, 0.1) is 23.7 Å². The molecule has 3 amide bonds. The minimum atomic E-state index is -0.477. The highest BCUT2D eigenvalue weighted by atomic mass is 16.5. The van der Waals surface area contributed by atoms with E-state index >= 15 is 0 Å². The molecule has 1 aromatic rings. The van der Waals surface area contributed by atoms with E-state index in [-0.39, 0.29) is 35.5 Å². The maximum Gasteiger partial charge on any atom is 0.270 e. The zero-order chi connectivity index (χ0) is 16.1. The Morgan fingerprint density at radius 2 is 1.65 bits per heavy atom. The van der Waals surface area contributed by atoms with Gasteiger partial charge in [-0.2, -0.15) is 5.01 Å². The molecule has 1 aromatic carbocycles. The van der Waals surface area contributed by atoms with Crippen LogP contribution in [0.5, 0.6) is 5.75 Å². The number of methoxy groups -OCH3 is 1. The van der Waals surface area contributed by atoms with Gasteiger partial charge in [-0.15, -0.1) is 0 Å². The Hall–Kier alpha value is -2.63. The molecule has 4 atom stereocenters. The molecule has 1 saturated heterocycles. The van der Waals surface area contributed by atoms with E-state index in [4.69, 9.17) is 4.74 Å². The van der Waals surface area contributed by atoms with Crippen LogP contribution >= 0.6 is 0 Å². The van der Waals surface area contributed by atoms with Crippen LogP contribution in [0.1, 0.15) is 16.8 Å². The number of carbonyl (C=O) groups excluding carboxylic acids is 3. The van der Waals surface area contributed by atoms with Gasteiger partial charge in [0.1, 0.15) is 5.75 Å². The Morgan fingerprint density at radius 3 is 2.17 bits per heavy atom. The van der Waals surface area contributed by atoms with E-state index < -0.39 is 5.91 Å². The Bertz CT molecular complexity index is 695. The fraction of sp³-hybridized carbons (Fsp3) is 0.353. The Balaban J connectivity index is 1.52. The average Bonchev–Trinajstić information content (AvgIpc) is 3.24. The first kappa shape index (κ1) is 14.0. The molecule has 0 aromatic heterocycles. The quantitative estimate of drug-likeness (QED) is 0.671. The highest BCUT2D eigenvalue weighted by Crippen LogP contribution is 2.52. The van der Waals surface area contributed by atoms with Gasteiger partial charge in [0.05, 0.1) is 18.9 Å². The van der Waals surface area contributed by atoms with Crippen molar-refractivity contribution in [2.24, 2.45) is 23.7 Å². The summed E-state index contributed by atoms with van der Waals surface area (Å²) in [6.07, 6.45) is 4.91. The minimum absolute atomic E-state index is 0.129. The average molecular weight is 312 g/mol. The van der Waals surface area contributed by atoms with Crippen molar-refractivity contribution in [2.45, 2.75) is 6.42 Å². The highest BCUT2D eigenvalue weighted by Gasteiger charge is 2.59. The van der Waals surface area contributed by atoms with Crippen molar-refractivity contribution in [1.29, 1.82) is 0 Å². The lowest BCUT2D eigenvalue weighted by Gasteiger charge is -2.18. The third-order valence-electron chi connectivity index (χ3n) is 5.04. The molecule has 1 N–H and O–H groups in total. The summed E-state index contributed by atoms with van der Waals surface area (Å²) in [7, 11) is 1.54. The van der Waals surface area contributed by atoms with Crippen LogP contribution in [-0.4, -0.2) is 29.8 Å². The topological polar surface area (TPSA) is 75.7 Å². The molecule has 3 aliphatic rings. The molecule has 2 fully saturated rings. The number of nitrogens with one attached hydrogen (secondary N) is 1. The van der Waals surface area contributed by atoms with Gasteiger partial charge < -0.3 is 4.74 Å². The van der Waals surface area contributed by atoms with Gasteiger partial charge in [-0.25, -0.2) is 0 Å². The number of rotatable bonds is 3. The number of ether oxygens (including phenoxy) is 1. The summed E-state index contributed by atoms with van der Waals surface area (Å²) in [5.74, 6) is -0.796. The number of amides is 3. The largest absolute Gasteiger partial charge is 0.497 e. The van der Waals surface area contributed by atoms with Gasteiger partial charge in [-0.05, 0) is 42.5 Å². The van der Waals surface area contributed by atoms with Crippen molar-refractivity contribution in [1.82, 2.24) is 10.4 Å². The lowest BCUT2D eigenvalue weighted by molar-refractivity contribution is -0.143. The van der Waals surface area contributed by atoms with Crippen LogP contribution in [0.25, 0.3) is 0 Å². The number of imide groups is 1. The number of allylic oxidation sites excluding steroid dienone is 2. The number of hydrogen-bond donors (Lipinski definition) is 1. The zero-order valence-electron chi connectivity index (χ0n) is 12.6. The fourth-order valence-corrected chi connectivity index (χ4v) is 3.92. The van der Waals surface area contributed by atoms with E-state index in [1.165, 1.54) is 7.11 Å². The molecule has 1 aliphatic heterocycles. The summed E-state index contributed by atoms with van der Waals surface area (Å²) >= 11 is 0. The van der Waals surface area contributed by atoms with Crippen molar-refractivity contribution in [3.8, 4) is 5.75 Å². The molecule has 2 aliphatic carbocycles. The summed E-state index contributed by atoms with van der Waals surface area (Å²) in [5.41, 5.74) is 2.82. The lowest BCUT2D eigenvalue weighted by Crippen LogP contribution is -2.47. The van der Waals surface area contributed by atoms with Gasteiger partial charge >= 0.3 is 0 Å². The zero-order valence-corrected chi connectivity index (χ0v) is 12.6. The molecule has 6 nitrogen and oxygen atoms in total. The molecule has 1 saturated carbocycles. The van der Waals surface area contributed by atoms with Crippen molar-refractivity contribution < 1.29 is 19.1 Å². The molecule has 1 heterocycles. The van der Waals surface area contributed by atoms with Gasteiger partial charge in [-0.3, -0.25) is 19.8 Å². The van der Waals surface area contributed by atoms with E-state index in [1.54, 1.807) is 24.3 Å². The van der Waals surface area contributed by atoms with Crippen molar-refractivity contribution >= 4 is 17.7 Å². The number of hydrogen-bond acceptors (Lipinski definition) is 4. The van der Waals surface area contributed by atoms with Gasteiger partial charge in [0, 0.05) is 5.56 Å². The first-order chi connectivity index (χ1) is 11.1. The Kier molecular flexibility index (Phi) is 3.01. The first-order valence-corrected chi connectivity index (χ1v) is 7.61. The molecule has 0 radical (unpaired) electrons. The van der Waals surface area contributed by atoms with Gasteiger partial charge in [-0.1, -0.05) is 12.2 Å². The predicted molar refractivity (Wildman–Crippen MR) is 80.0 cm³/mol. The van der Waals surface area contributed by atoms with E-state index in [2.05, 4.69) is 5.43 Å². The molecular weight excluding hydrogens is 296 g/mol. The van der Waals surface area contributed by atoms with Crippen LogP contribution in [0.4, 0.5) is 0 Å². The highest BCUT2D eigenvalue weighted by molar-refractivity contribution is 6.08. The summed E-state index contributed by atoms with van der Waals surface area (Å²) in [6, 6.07) is 6.49. The third-order valence-corrected chi connectivity index (χ3v) is 5.04. The second-order valence-electron chi connectivity index (χ2n) is 6.18. The number of carbonyl (C=O) groups is 3. The molecule has 0 spiro atoms. The maximum absolute atomic E-state index is 12.5. The molecule has 4 rings (SSSR count). The third kappa shape index (κ3) is 1.98. The predicted octanol–water partition coefficient (Wildman–Crippen LogP) is 1.15. The summed E-state index contributed by atoms with van der Waals surface area (Å²) < 4.78 is 5.04. The maximum atomic E-state index is 12.5. The number of hydrazine groups is 1. The van der Waals surface area contributed by atoms with Crippen LogP contribution in [-0.2, 0) is 9.59 Å². The summed E-state index contributed by atoms with van der Waals surface area (Å²) in [5, 5.41) is 0.911. The van der Waals surface area contributed by atoms with Gasteiger partial charge in [0.15, 0.2) is 0 Å². The van der Waals surface area contributed by atoms with Crippen LogP contribution in [0.2, 0.25) is 0 Å². The molecular formula is C17H16N2O4. The van der Waals surface area contributed by atoms with Gasteiger partial charge in [0.2, 0.25) is 0 Å². The summed E-state index contributed by atoms with van der Waals surface area (Å²) in [6.45, 7) is 0. The monoisotopic (exact) mass is 312 g/mol. The van der Waals surface area contributed by atoms with Crippen molar-refractivity contribution in [2.75, 3.05) is 7.11 Å².